The predicted molar refractivity (Wildman–Crippen MR) is 157 cm³/mol. The average molecular weight is 585 g/mol. The van der Waals surface area contributed by atoms with Crippen LogP contribution >= 0.6 is 11.3 Å². The molecule has 0 aliphatic carbocycles. The molecule has 1 fully saturated rings. The highest BCUT2D eigenvalue weighted by atomic mass is 32.2. The fourth-order valence-electron chi connectivity index (χ4n) is 4.64. The number of rotatable bonds is 9. The van der Waals surface area contributed by atoms with Gasteiger partial charge in [0.25, 0.3) is 0 Å². The van der Waals surface area contributed by atoms with Crippen LogP contribution in [0, 0.1) is 6.92 Å². The Labute approximate surface area is 239 Å². The first-order chi connectivity index (χ1) is 18.9. The second-order valence-electron chi connectivity index (χ2n) is 10.6. The molecule has 2 heterocycles. The molecule has 0 bridgehead atoms. The van der Waals surface area contributed by atoms with Crippen LogP contribution in [0.5, 0.6) is 0 Å². The van der Waals surface area contributed by atoms with Crippen LogP contribution in [0.4, 0.5) is 5.13 Å². The second-order valence-corrected chi connectivity index (χ2v) is 13.5. The molecule has 40 heavy (non-hydrogen) atoms. The summed E-state index contributed by atoms with van der Waals surface area (Å²) in [5.41, 5.74) is 3.51. The fraction of sp³-hybridized carbons (Fsp3) is 0.414. The number of hydrogen-bond acceptors (Lipinski definition) is 7. The Bertz CT molecular complexity index is 1470. The van der Waals surface area contributed by atoms with Crippen molar-refractivity contribution in [2.24, 2.45) is 0 Å². The number of aryl methyl sites for hydroxylation is 1. The number of carbonyl (C=O) groups excluding carboxylic acids is 1. The van der Waals surface area contributed by atoms with E-state index in [1.807, 2.05) is 38.1 Å². The van der Waals surface area contributed by atoms with Gasteiger partial charge in [0.2, 0.25) is 15.9 Å². The van der Waals surface area contributed by atoms with Gasteiger partial charge in [0.1, 0.15) is 10.9 Å². The number of sulfonamides is 1. The molecular formula is C29H36N4O5S2. The molecule has 0 unspecified atom stereocenters. The number of piperazine rings is 1. The van der Waals surface area contributed by atoms with Crippen LogP contribution in [0.15, 0.2) is 53.4 Å². The van der Waals surface area contributed by atoms with Crippen LogP contribution in [0.25, 0.3) is 0 Å². The lowest BCUT2D eigenvalue weighted by atomic mass is 10.0. The van der Waals surface area contributed by atoms with Crippen molar-refractivity contribution in [1.29, 1.82) is 0 Å². The molecule has 214 valence electrons. The lowest BCUT2D eigenvalue weighted by Crippen LogP contribution is -2.60. The normalized spacial score (nSPS) is 16.5. The SMILES string of the molecule is Cc1nc(N2CCN(S(=O)(=O)c3ccc(C(C)C)cc3)[C@@H](C(=O)NCc3ccc(C(C)C)cc3)C2)sc1C(=O)O. The third-order valence-corrected chi connectivity index (χ3v) is 10.3. The van der Waals surface area contributed by atoms with Gasteiger partial charge in [-0.3, -0.25) is 4.79 Å². The molecule has 1 atom stereocenters. The van der Waals surface area contributed by atoms with E-state index < -0.39 is 27.9 Å². The molecule has 9 nitrogen and oxygen atoms in total. The molecule has 11 heteroatoms. The summed E-state index contributed by atoms with van der Waals surface area (Å²) in [5.74, 6) is -0.843. The highest BCUT2D eigenvalue weighted by Crippen LogP contribution is 2.30. The quantitative estimate of drug-likeness (QED) is 0.377. The molecular weight excluding hydrogens is 548 g/mol. The fourth-order valence-corrected chi connectivity index (χ4v) is 7.16. The van der Waals surface area contributed by atoms with Gasteiger partial charge in [-0.05, 0) is 47.6 Å². The minimum Gasteiger partial charge on any atom is -0.477 e. The predicted octanol–water partition coefficient (Wildman–Crippen LogP) is 4.59. The smallest absolute Gasteiger partial charge is 0.347 e. The third-order valence-electron chi connectivity index (χ3n) is 7.15. The standard InChI is InChI=1S/C29H36N4O5S2/c1-18(2)22-8-6-21(7-9-22)16-30-27(34)25-17-32(29-31-20(5)26(39-29)28(35)36)14-15-33(25)40(37,38)24-12-10-23(11-13-24)19(3)4/h6-13,18-19,25H,14-17H2,1-5H3,(H,30,34)(H,35,36)/t25-/m1/s1. The number of thiazole rings is 1. The number of amides is 1. The monoisotopic (exact) mass is 584 g/mol. The minimum absolute atomic E-state index is 0.0490. The second kappa shape index (κ2) is 12.1. The zero-order valence-corrected chi connectivity index (χ0v) is 25.1. The number of carbonyl (C=O) groups is 2. The van der Waals surface area contributed by atoms with Crippen molar-refractivity contribution in [2.75, 3.05) is 24.5 Å². The van der Waals surface area contributed by atoms with Gasteiger partial charge in [0, 0.05) is 26.2 Å². The van der Waals surface area contributed by atoms with E-state index in [0.717, 1.165) is 22.5 Å². The molecule has 1 aliphatic rings. The van der Waals surface area contributed by atoms with Crippen LogP contribution < -0.4 is 10.2 Å². The Balaban J connectivity index is 1.60. The van der Waals surface area contributed by atoms with E-state index in [-0.39, 0.29) is 41.9 Å². The van der Waals surface area contributed by atoms with Crippen molar-refractivity contribution in [3.05, 3.63) is 75.8 Å². The zero-order chi connectivity index (χ0) is 29.2. The summed E-state index contributed by atoms with van der Waals surface area (Å²) in [6, 6.07) is 13.7. The Hall–Kier alpha value is -3.28. The van der Waals surface area contributed by atoms with Crippen molar-refractivity contribution in [2.45, 2.75) is 63.9 Å². The van der Waals surface area contributed by atoms with Gasteiger partial charge in [-0.15, -0.1) is 0 Å². The first-order valence-electron chi connectivity index (χ1n) is 13.3. The van der Waals surface area contributed by atoms with Crippen LogP contribution in [-0.4, -0.2) is 60.4 Å². The van der Waals surface area contributed by atoms with E-state index >= 15 is 0 Å². The summed E-state index contributed by atoms with van der Waals surface area (Å²) in [5, 5.41) is 12.8. The molecule has 1 amide bonds. The van der Waals surface area contributed by atoms with Gasteiger partial charge < -0.3 is 15.3 Å². The van der Waals surface area contributed by atoms with Gasteiger partial charge in [-0.25, -0.2) is 18.2 Å². The molecule has 2 N–H and O–H groups in total. The van der Waals surface area contributed by atoms with E-state index in [1.54, 1.807) is 36.1 Å². The summed E-state index contributed by atoms with van der Waals surface area (Å²) in [6.45, 7) is 10.6. The average Bonchev–Trinajstić information content (AvgIpc) is 3.33. The summed E-state index contributed by atoms with van der Waals surface area (Å²) in [6.07, 6.45) is 0. The lowest BCUT2D eigenvalue weighted by Gasteiger charge is -2.39. The number of anilines is 1. The number of aromatic carboxylic acids is 1. The van der Waals surface area contributed by atoms with E-state index in [0.29, 0.717) is 16.7 Å². The van der Waals surface area contributed by atoms with Gasteiger partial charge in [-0.1, -0.05) is 75.4 Å². The van der Waals surface area contributed by atoms with Crippen molar-refractivity contribution >= 4 is 38.4 Å². The molecule has 3 aromatic rings. The van der Waals surface area contributed by atoms with Crippen LogP contribution in [-0.2, 0) is 21.4 Å². The van der Waals surface area contributed by atoms with Crippen molar-refractivity contribution in [3.8, 4) is 0 Å². The molecule has 0 radical (unpaired) electrons. The summed E-state index contributed by atoms with van der Waals surface area (Å²) in [4.78, 5) is 31.6. The molecule has 0 spiro atoms. The van der Waals surface area contributed by atoms with Gasteiger partial charge in [0.15, 0.2) is 5.13 Å². The number of carboxylic acid groups (broad SMARTS) is 1. The minimum atomic E-state index is -3.98. The van der Waals surface area contributed by atoms with E-state index in [2.05, 4.69) is 24.1 Å². The van der Waals surface area contributed by atoms with Crippen molar-refractivity contribution in [3.63, 3.8) is 0 Å². The molecule has 2 aromatic carbocycles. The van der Waals surface area contributed by atoms with E-state index in [4.69, 9.17) is 0 Å². The van der Waals surface area contributed by atoms with E-state index in [1.165, 1.54) is 9.87 Å². The van der Waals surface area contributed by atoms with Crippen molar-refractivity contribution < 1.29 is 23.1 Å². The first-order valence-corrected chi connectivity index (χ1v) is 15.6. The lowest BCUT2D eigenvalue weighted by molar-refractivity contribution is -0.125. The maximum atomic E-state index is 13.8. The maximum Gasteiger partial charge on any atom is 0.347 e. The largest absolute Gasteiger partial charge is 0.477 e. The van der Waals surface area contributed by atoms with Crippen LogP contribution in [0.2, 0.25) is 0 Å². The Morgan fingerprint density at radius 2 is 1.57 bits per heavy atom. The van der Waals surface area contributed by atoms with Crippen LogP contribution in [0.1, 0.15) is 71.6 Å². The Kier molecular flexibility index (Phi) is 8.96. The highest BCUT2D eigenvalue weighted by molar-refractivity contribution is 7.89. The molecule has 0 saturated carbocycles. The summed E-state index contributed by atoms with van der Waals surface area (Å²) >= 11 is 1.03. The molecule has 1 aliphatic heterocycles. The zero-order valence-electron chi connectivity index (χ0n) is 23.4. The number of nitrogens with zero attached hydrogens (tertiary/aromatic N) is 3. The number of hydrogen-bond donors (Lipinski definition) is 2. The third kappa shape index (κ3) is 6.37. The van der Waals surface area contributed by atoms with Crippen molar-refractivity contribution in [1.82, 2.24) is 14.6 Å². The maximum absolute atomic E-state index is 13.8. The molecule has 1 aromatic heterocycles. The molecule has 4 rings (SSSR count). The highest BCUT2D eigenvalue weighted by Gasteiger charge is 2.41. The number of nitrogens with one attached hydrogen (secondary N) is 1. The summed E-state index contributed by atoms with van der Waals surface area (Å²) in [7, 11) is -3.98. The van der Waals surface area contributed by atoms with Gasteiger partial charge in [0.05, 0.1) is 10.6 Å². The van der Waals surface area contributed by atoms with Gasteiger partial charge in [-0.2, -0.15) is 4.31 Å². The first kappa shape index (κ1) is 29.7. The molecule has 1 saturated heterocycles. The number of aromatic nitrogens is 1. The number of benzene rings is 2. The Morgan fingerprint density at radius 1 is 1.00 bits per heavy atom. The topological polar surface area (TPSA) is 120 Å². The van der Waals surface area contributed by atoms with E-state index in [9.17, 15) is 23.1 Å². The summed E-state index contributed by atoms with van der Waals surface area (Å²) < 4.78 is 28.8. The van der Waals surface area contributed by atoms with Crippen LogP contribution in [0.3, 0.4) is 0 Å². The van der Waals surface area contributed by atoms with Gasteiger partial charge >= 0.3 is 5.97 Å². The number of carboxylic acids is 1. The Morgan fingerprint density at radius 3 is 2.10 bits per heavy atom.